The van der Waals surface area contributed by atoms with E-state index in [0.717, 1.165) is 43.0 Å². The Labute approximate surface area is 179 Å². The van der Waals surface area contributed by atoms with Crippen LogP contribution in [0.2, 0.25) is 0 Å². The first-order valence-corrected chi connectivity index (χ1v) is 11.4. The first-order valence-electron chi connectivity index (χ1n) is 11.4. The fourth-order valence-electron chi connectivity index (χ4n) is 4.47. The lowest BCUT2D eigenvalue weighted by Crippen LogP contribution is -2.47. The van der Waals surface area contributed by atoms with Gasteiger partial charge in [-0.3, -0.25) is 4.90 Å². The molecular formula is C22H35N7O. The third kappa shape index (κ3) is 5.22. The van der Waals surface area contributed by atoms with Crippen LogP contribution in [0, 0.1) is 6.92 Å². The number of nitrogens with one attached hydrogen (secondary N) is 2. The van der Waals surface area contributed by atoms with Gasteiger partial charge in [0, 0.05) is 19.6 Å². The average molecular weight is 414 g/mol. The Balaban J connectivity index is 1.46. The smallest absolute Gasteiger partial charge is 0.191 e. The van der Waals surface area contributed by atoms with Gasteiger partial charge in [-0.1, -0.05) is 19.3 Å². The maximum absolute atomic E-state index is 5.77. The third-order valence-electron chi connectivity index (χ3n) is 6.42. The fourth-order valence-corrected chi connectivity index (χ4v) is 4.47. The van der Waals surface area contributed by atoms with Crippen molar-refractivity contribution in [2.75, 3.05) is 19.6 Å². The Morgan fingerprint density at radius 1 is 1.20 bits per heavy atom. The molecule has 2 N–H and O–H groups in total. The van der Waals surface area contributed by atoms with Crippen LogP contribution in [0.15, 0.2) is 27.8 Å². The lowest BCUT2D eigenvalue weighted by atomic mass is 9.96. The normalized spacial score (nSPS) is 19.9. The number of guanidine groups is 1. The van der Waals surface area contributed by atoms with Gasteiger partial charge in [0.05, 0.1) is 12.3 Å². The Bertz CT molecular complexity index is 802. The van der Waals surface area contributed by atoms with Gasteiger partial charge in [0.15, 0.2) is 11.8 Å². The number of aromatic nitrogens is 3. The van der Waals surface area contributed by atoms with E-state index in [1.54, 1.807) is 6.26 Å². The number of nitrogens with zero attached hydrogens (tertiary/aromatic N) is 5. The lowest BCUT2D eigenvalue weighted by Gasteiger charge is -2.29. The molecule has 2 aliphatic rings. The van der Waals surface area contributed by atoms with Crippen molar-refractivity contribution >= 4 is 5.96 Å². The summed E-state index contributed by atoms with van der Waals surface area (Å²) >= 11 is 0. The Hall–Kier alpha value is -2.35. The molecule has 1 atom stereocenters. The van der Waals surface area contributed by atoms with Crippen LogP contribution in [-0.2, 0) is 13.6 Å². The van der Waals surface area contributed by atoms with Gasteiger partial charge in [-0.15, -0.1) is 10.2 Å². The summed E-state index contributed by atoms with van der Waals surface area (Å²) in [6, 6.07) is 4.76. The molecule has 8 heteroatoms. The van der Waals surface area contributed by atoms with Gasteiger partial charge >= 0.3 is 0 Å². The molecule has 1 aliphatic carbocycles. The molecule has 1 saturated heterocycles. The zero-order valence-electron chi connectivity index (χ0n) is 18.3. The standard InChI is InChI=1S/C22H35N7O/c1-17-26-27-21(28(17)2)16-24-22(25-18-9-4-3-5-10-18)23-15-19(20-11-8-14-30-20)29-12-6-7-13-29/h8,11,14,18-19H,3-7,9-10,12-13,15-16H2,1-2H3,(H2,23,24,25). The van der Waals surface area contributed by atoms with E-state index in [1.807, 2.05) is 24.6 Å². The minimum Gasteiger partial charge on any atom is -0.468 e. The van der Waals surface area contributed by atoms with Gasteiger partial charge in [0.2, 0.25) is 0 Å². The van der Waals surface area contributed by atoms with Crippen LogP contribution in [0.4, 0.5) is 0 Å². The fraction of sp³-hybridized carbons (Fsp3) is 0.682. The molecule has 2 aromatic rings. The number of hydrogen-bond acceptors (Lipinski definition) is 5. The quantitative estimate of drug-likeness (QED) is 0.536. The second-order valence-electron chi connectivity index (χ2n) is 8.52. The summed E-state index contributed by atoms with van der Waals surface area (Å²) in [7, 11) is 1.99. The van der Waals surface area contributed by atoms with Crippen LogP contribution in [0.3, 0.4) is 0 Å². The van der Waals surface area contributed by atoms with Crippen molar-refractivity contribution < 1.29 is 4.42 Å². The Morgan fingerprint density at radius 2 is 2.00 bits per heavy atom. The summed E-state index contributed by atoms with van der Waals surface area (Å²) in [6.07, 6.45) is 10.6. The Morgan fingerprint density at radius 3 is 2.67 bits per heavy atom. The molecule has 2 fully saturated rings. The van der Waals surface area contributed by atoms with E-state index in [-0.39, 0.29) is 6.04 Å². The second kappa shape index (κ2) is 10.1. The third-order valence-corrected chi connectivity index (χ3v) is 6.42. The molecule has 1 unspecified atom stereocenters. The van der Waals surface area contributed by atoms with Crippen molar-refractivity contribution in [1.82, 2.24) is 30.3 Å². The van der Waals surface area contributed by atoms with Gasteiger partial charge in [-0.05, 0) is 57.8 Å². The summed E-state index contributed by atoms with van der Waals surface area (Å²) in [5, 5.41) is 15.7. The number of aryl methyl sites for hydroxylation is 1. The molecular weight excluding hydrogens is 378 g/mol. The maximum atomic E-state index is 5.77. The molecule has 1 saturated carbocycles. The van der Waals surface area contributed by atoms with E-state index in [4.69, 9.17) is 9.41 Å². The largest absolute Gasteiger partial charge is 0.468 e. The number of aliphatic imine (C=N–C) groups is 1. The van der Waals surface area contributed by atoms with Crippen molar-refractivity contribution in [3.8, 4) is 0 Å². The number of furan rings is 1. The first kappa shape index (κ1) is 20.9. The zero-order chi connectivity index (χ0) is 20.8. The molecule has 0 bridgehead atoms. The van der Waals surface area contributed by atoms with Crippen LogP contribution in [-0.4, -0.2) is 51.3 Å². The molecule has 0 aromatic carbocycles. The van der Waals surface area contributed by atoms with Crippen LogP contribution in [0.1, 0.15) is 68.4 Å². The highest BCUT2D eigenvalue weighted by Gasteiger charge is 2.26. The van der Waals surface area contributed by atoms with Gasteiger partial charge in [-0.25, -0.2) is 4.99 Å². The van der Waals surface area contributed by atoms with E-state index in [1.165, 1.54) is 44.9 Å². The van der Waals surface area contributed by atoms with Gasteiger partial charge < -0.3 is 19.6 Å². The first-order chi connectivity index (χ1) is 14.7. The predicted octanol–water partition coefficient (Wildman–Crippen LogP) is 2.92. The van der Waals surface area contributed by atoms with Crippen LogP contribution in [0.25, 0.3) is 0 Å². The average Bonchev–Trinajstić information content (AvgIpc) is 3.53. The maximum Gasteiger partial charge on any atom is 0.191 e. The molecule has 8 nitrogen and oxygen atoms in total. The summed E-state index contributed by atoms with van der Waals surface area (Å²) in [5.41, 5.74) is 0. The van der Waals surface area contributed by atoms with Crippen molar-refractivity contribution in [3.05, 3.63) is 35.8 Å². The van der Waals surface area contributed by atoms with Gasteiger partial charge in [0.25, 0.3) is 0 Å². The molecule has 164 valence electrons. The van der Waals surface area contributed by atoms with E-state index >= 15 is 0 Å². The lowest BCUT2D eigenvalue weighted by molar-refractivity contribution is 0.215. The predicted molar refractivity (Wildman–Crippen MR) is 117 cm³/mol. The molecule has 0 amide bonds. The molecule has 1 aliphatic heterocycles. The summed E-state index contributed by atoms with van der Waals surface area (Å²) in [5.74, 6) is 3.66. The van der Waals surface area contributed by atoms with Crippen LogP contribution >= 0.6 is 0 Å². The Kier molecular flexibility index (Phi) is 7.04. The molecule has 0 spiro atoms. The summed E-state index contributed by atoms with van der Waals surface area (Å²) < 4.78 is 7.77. The topological polar surface area (TPSA) is 83.5 Å². The van der Waals surface area contributed by atoms with Gasteiger partial charge in [-0.2, -0.15) is 0 Å². The molecule has 0 radical (unpaired) electrons. The minimum atomic E-state index is 0.220. The van der Waals surface area contributed by atoms with Crippen molar-refractivity contribution in [3.63, 3.8) is 0 Å². The monoisotopic (exact) mass is 413 g/mol. The summed E-state index contributed by atoms with van der Waals surface area (Å²) in [6.45, 7) is 5.48. The number of hydrogen-bond donors (Lipinski definition) is 2. The van der Waals surface area contributed by atoms with E-state index in [9.17, 15) is 0 Å². The van der Waals surface area contributed by atoms with E-state index in [0.29, 0.717) is 12.6 Å². The van der Waals surface area contributed by atoms with Crippen molar-refractivity contribution in [1.29, 1.82) is 0 Å². The van der Waals surface area contributed by atoms with Crippen molar-refractivity contribution in [2.45, 2.75) is 70.5 Å². The SMILES string of the molecule is Cc1nnc(CN=C(NCC(c2ccco2)N2CCCC2)NC2CCCCC2)n1C. The van der Waals surface area contributed by atoms with E-state index in [2.05, 4.69) is 31.8 Å². The van der Waals surface area contributed by atoms with Crippen molar-refractivity contribution in [2.24, 2.45) is 12.0 Å². The number of likely N-dealkylation sites (tertiary alicyclic amines) is 1. The number of rotatable bonds is 7. The van der Waals surface area contributed by atoms with Gasteiger partial charge in [0.1, 0.15) is 18.1 Å². The highest BCUT2D eigenvalue weighted by molar-refractivity contribution is 5.80. The highest BCUT2D eigenvalue weighted by atomic mass is 16.3. The highest BCUT2D eigenvalue weighted by Crippen LogP contribution is 2.25. The molecule has 30 heavy (non-hydrogen) atoms. The summed E-state index contributed by atoms with van der Waals surface area (Å²) in [4.78, 5) is 7.37. The minimum absolute atomic E-state index is 0.220. The zero-order valence-corrected chi connectivity index (χ0v) is 18.3. The second-order valence-corrected chi connectivity index (χ2v) is 8.52. The molecule has 3 heterocycles. The molecule has 2 aromatic heterocycles. The van der Waals surface area contributed by atoms with Crippen LogP contribution < -0.4 is 10.6 Å². The van der Waals surface area contributed by atoms with E-state index < -0.39 is 0 Å². The molecule has 4 rings (SSSR count). The van der Waals surface area contributed by atoms with Crippen LogP contribution in [0.5, 0.6) is 0 Å².